The summed E-state index contributed by atoms with van der Waals surface area (Å²) in [5.74, 6) is -1.15. The molecule has 1 aliphatic carbocycles. The van der Waals surface area contributed by atoms with E-state index < -0.39 is 11.5 Å². The zero-order valence-corrected chi connectivity index (χ0v) is 13.5. The molecule has 2 N–H and O–H groups in total. The predicted octanol–water partition coefficient (Wildman–Crippen LogP) is 3.53. The molecule has 1 aromatic rings. The van der Waals surface area contributed by atoms with Crippen LogP contribution >= 0.6 is 11.3 Å². The number of carboxylic acids is 1. The van der Waals surface area contributed by atoms with Crippen LogP contribution < -0.4 is 5.32 Å². The molecule has 1 fully saturated rings. The molecule has 0 radical (unpaired) electrons. The standard InChI is InChI=1S/C16H23NO3S/c1-3-7-12-10-13(21-11(12)2)14(18)17-16(15(19)20)8-5-4-6-9-16/h10H,3-9H2,1-2H3,(H,17,18)(H,19,20). The van der Waals surface area contributed by atoms with E-state index >= 15 is 0 Å². The Labute approximate surface area is 129 Å². The molecule has 4 nitrogen and oxygen atoms in total. The fourth-order valence-electron chi connectivity index (χ4n) is 2.98. The van der Waals surface area contributed by atoms with Crippen molar-refractivity contribution in [3.05, 3.63) is 21.4 Å². The third-order valence-corrected chi connectivity index (χ3v) is 5.32. The monoisotopic (exact) mass is 309 g/mol. The van der Waals surface area contributed by atoms with Gasteiger partial charge in [0.25, 0.3) is 5.91 Å². The highest BCUT2D eigenvalue weighted by Crippen LogP contribution is 2.30. The first kappa shape index (κ1) is 16.0. The molecule has 0 bridgehead atoms. The van der Waals surface area contributed by atoms with E-state index in [0.29, 0.717) is 17.7 Å². The van der Waals surface area contributed by atoms with Crippen LogP contribution in [0.5, 0.6) is 0 Å². The third-order valence-electron chi connectivity index (χ3n) is 4.23. The first-order valence-corrected chi connectivity index (χ1v) is 8.45. The Morgan fingerprint density at radius 3 is 2.57 bits per heavy atom. The average Bonchev–Trinajstić information content (AvgIpc) is 2.82. The van der Waals surface area contributed by atoms with E-state index in [9.17, 15) is 14.7 Å². The highest BCUT2D eigenvalue weighted by atomic mass is 32.1. The van der Waals surface area contributed by atoms with E-state index in [0.717, 1.165) is 37.0 Å². The number of carbonyl (C=O) groups excluding carboxylic acids is 1. The number of hydrogen-bond acceptors (Lipinski definition) is 3. The van der Waals surface area contributed by atoms with Crippen LogP contribution in [0.2, 0.25) is 0 Å². The van der Waals surface area contributed by atoms with E-state index in [1.807, 2.05) is 13.0 Å². The van der Waals surface area contributed by atoms with Gasteiger partial charge in [0.1, 0.15) is 5.54 Å². The summed E-state index contributed by atoms with van der Waals surface area (Å²) in [7, 11) is 0. The number of nitrogens with one attached hydrogen (secondary N) is 1. The molecule has 0 spiro atoms. The largest absolute Gasteiger partial charge is 0.480 e. The average molecular weight is 309 g/mol. The summed E-state index contributed by atoms with van der Waals surface area (Å²) in [6.07, 6.45) is 5.82. The molecule has 1 aromatic heterocycles. The Morgan fingerprint density at radius 2 is 2.00 bits per heavy atom. The zero-order valence-electron chi connectivity index (χ0n) is 12.7. The van der Waals surface area contributed by atoms with Crippen molar-refractivity contribution >= 4 is 23.2 Å². The third kappa shape index (κ3) is 3.46. The highest BCUT2D eigenvalue weighted by molar-refractivity contribution is 7.14. The number of thiophene rings is 1. The predicted molar refractivity (Wildman–Crippen MR) is 84.0 cm³/mol. The molecule has 21 heavy (non-hydrogen) atoms. The second-order valence-electron chi connectivity index (χ2n) is 5.84. The smallest absolute Gasteiger partial charge is 0.329 e. The maximum Gasteiger partial charge on any atom is 0.329 e. The SMILES string of the molecule is CCCc1cc(C(=O)NC2(C(=O)O)CCCCC2)sc1C. The van der Waals surface area contributed by atoms with Crippen molar-refractivity contribution in [3.8, 4) is 0 Å². The molecule has 2 rings (SSSR count). The molecule has 0 aromatic carbocycles. The number of amides is 1. The first-order valence-electron chi connectivity index (χ1n) is 7.64. The minimum absolute atomic E-state index is 0.241. The number of carboxylic acid groups (broad SMARTS) is 1. The second kappa shape index (κ2) is 6.60. The van der Waals surface area contributed by atoms with E-state index in [4.69, 9.17) is 0 Å². The fourth-order valence-corrected chi connectivity index (χ4v) is 3.94. The van der Waals surface area contributed by atoms with Crippen molar-refractivity contribution in [2.24, 2.45) is 0 Å². The minimum Gasteiger partial charge on any atom is -0.480 e. The van der Waals surface area contributed by atoms with Crippen LogP contribution in [0.3, 0.4) is 0 Å². The normalized spacial score (nSPS) is 17.4. The zero-order chi connectivity index (χ0) is 15.5. The molecule has 0 saturated heterocycles. The molecule has 1 heterocycles. The van der Waals surface area contributed by atoms with E-state index in [1.54, 1.807) is 0 Å². The molecular weight excluding hydrogens is 286 g/mol. The van der Waals surface area contributed by atoms with Crippen molar-refractivity contribution in [1.82, 2.24) is 5.32 Å². The summed E-state index contributed by atoms with van der Waals surface area (Å²) in [6, 6.07) is 1.91. The minimum atomic E-state index is -1.07. The number of aryl methyl sites for hydroxylation is 2. The second-order valence-corrected chi connectivity index (χ2v) is 7.10. The molecule has 116 valence electrons. The van der Waals surface area contributed by atoms with Gasteiger partial charge in [0.15, 0.2) is 0 Å². The van der Waals surface area contributed by atoms with Gasteiger partial charge in [0.2, 0.25) is 0 Å². The number of rotatable bonds is 5. The summed E-state index contributed by atoms with van der Waals surface area (Å²) in [4.78, 5) is 25.8. The molecule has 1 aliphatic rings. The summed E-state index contributed by atoms with van der Waals surface area (Å²) in [5.41, 5.74) is 0.124. The van der Waals surface area contributed by atoms with Crippen molar-refractivity contribution in [2.45, 2.75) is 64.3 Å². The van der Waals surface area contributed by atoms with Crippen LogP contribution in [0.25, 0.3) is 0 Å². The quantitative estimate of drug-likeness (QED) is 0.874. The molecule has 5 heteroatoms. The van der Waals surface area contributed by atoms with E-state index in [-0.39, 0.29) is 5.91 Å². The topological polar surface area (TPSA) is 66.4 Å². The van der Waals surface area contributed by atoms with Gasteiger partial charge in [-0.25, -0.2) is 4.79 Å². The first-order chi connectivity index (χ1) is 9.98. The van der Waals surface area contributed by atoms with Gasteiger partial charge in [0.05, 0.1) is 4.88 Å². The molecular formula is C16H23NO3S. The van der Waals surface area contributed by atoms with Crippen LogP contribution in [-0.4, -0.2) is 22.5 Å². The molecule has 1 amide bonds. The Bertz CT molecular complexity index is 530. The van der Waals surface area contributed by atoms with Gasteiger partial charge in [0, 0.05) is 4.88 Å². The van der Waals surface area contributed by atoms with Crippen LogP contribution in [0, 0.1) is 6.92 Å². The van der Waals surface area contributed by atoms with E-state index in [2.05, 4.69) is 12.2 Å². The maximum atomic E-state index is 12.4. The van der Waals surface area contributed by atoms with Gasteiger partial charge in [-0.3, -0.25) is 4.79 Å². The lowest BCUT2D eigenvalue weighted by molar-refractivity contribution is -0.145. The highest BCUT2D eigenvalue weighted by Gasteiger charge is 2.41. The van der Waals surface area contributed by atoms with Crippen LogP contribution in [0.15, 0.2) is 6.07 Å². The Hall–Kier alpha value is -1.36. The van der Waals surface area contributed by atoms with Crippen LogP contribution in [0.1, 0.15) is 65.6 Å². The van der Waals surface area contributed by atoms with Crippen molar-refractivity contribution in [1.29, 1.82) is 0 Å². The van der Waals surface area contributed by atoms with Crippen molar-refractivity contribution in [3.63, 3.8) is 0 Å². The lowest BCUT2D eigenvalue weighted by atomic mass is 9.81. The molecule has 0 unspecified atom stereocenters. The lowest BCUT2D eigenvalue weighted by Crippen LogP contribution is -2.55. The van der Waals surface area contributed by atoms with E-state index in [1.165, 1.54) is 16.9 Å². The number of hydrogen-bond donors (Lipinski definition) is 2. The van der Waals surface area contributed by atoms with Gasteiger partial charge in [-0.15, -0.1) is 11.3 Å². The van der Waals surface area contributed by atoms with Gasteiger partial charge < -0.3 is 10.4 Å². The van der Waals surface area contributed by atoms with Gasteiger partial charge in [-0.1, -0.05) is 32.6 Å². The summed E-state index contributed by atoms with van der Waals surface area (Å²) >= 11 is 1.46. The fraction of sp³-hybridized carbons (Fsp3) is 0.625. The van der Waals surface area contributed by atoms with Crippen LogP contribution in [0.4, 0.5) is 0 Å². The summed E-state index contributed by atoms with van der Waals surface area (Å²) in [6.45, 7) is 4.12. The Kier molecular flexibility index (Phi) is 5.04. The number of aliphatic carboxylic acids is 1. The van der Waals surface area contributed by atoms with Gasteiger partial charge in [-0.2, -0.15) is 0 Å². The molecule has 1 saturated carbocycles. The van der Waals surface area contributed by atoms with Gasteiger partial charge in [-0.05, 0) is 37.8 Å². The Morgan fingerprint density at radius 1 is 1.33 bits per heavy atom. The lowest BCUT2D eigenvalue weighted by Gasteiger charge is -2.33. The van der Waals surface area contributed by atoms with Crippen LogP contribution in [-0.2, 0) is 11.2 Å². The molecule has 0 aliphatic heterocycles. The van der Waals surface area contributed by atoms with Crippen molar-refractivity contribution < 1.29 is 14.7 Å². The summed E-state index contributed by atoms with van der Waals surface area (Å²) in [5, 5.41) is 12.3. The van der Waals surface area contributed by atoms with Gasteiger partial charge >= 0.3 is 5.97 Å². The Balaban J connectivity index is 2.15. The number of carbonyl (C=O) groups is 2. The maximum absolute atomic E-state index is 12.4. The molecule has 0 atom stereocenters. The van der Waals surface area contributed by atoms with Crippen molar-refractivity contribution in [2.75, 3.05) is 0 Å². The summed E-state index contributed by atoms with van der Waals surface area (Å²) < 4.78 is 0.